The molecule has 1 aromatic carbocycles. The van der Waals surface area contributed by atoms with Crippen LogP contribution in [-0.4, -0.2) is 36.9 Å². The summed E-state index contributed by atoms with van der Waals surface area (Å²) in [5.41, 5.74) is 0.594. The van der Waals surface area contributed by atoms with Crippen molar-refractivity contribution in [2.45, 2.75) is 20.3 Å². The number of amides is 2. The Balaban J connectivity index is 2.35. The second-order valence-electron chi connectivity index (χ2n) is 5.18. The standard InChI is InChI=1S/C15H21BrN2O2/c1-11(2)10-18(3)14(19)8-9-17-15(20)12-4-6-13(16)7-5-12/h4-7,11H,8-10H2,1-3H3,(H,17,20). The van der Waals surface area contributed by atoms with E-state index in [1.807, 2.05) is 12.1 Å². The fourth-order valence-corrected chi connectivity index (χ4v) is 2.09. The van der Waals surface area contributed by atoms with Crippen LogP contribution in [0.3, 0.4) is 0 Å². The lowest BCUT2D eigenvalue weighted by Gasteiger charge is -2.19. The molecule has 0 atom stereocenters. The third kappa shape index (κ3) is 5.74. The van der Waals surface area contributed by atoms with Gasteiger partial charge in [-0.05, 0) is 30.2 Å². The molecule has 0 aliphatic heterocycles. The molecule has 2 amide bonds. The molecule has 0 saturated heterocycles. The number of carbonyl (C=O) groups excluding carboxylic acids is 2. The van der Waals surface area contributed by atoms with E-state index in [-0.39, 0.29) is 11.8 Å². The SMILES string of the molecule is CC(C)CN(C)C(=O)CCNC(=O)c1ccc(Br)cc1. The number of hydrogen-bond donors (Lipinski definition) is 1. The lowest BCUT2D eigenvalue weighted by atomic mass is 10.2. The van der Waals surface area contributed by atoms with Crippen LogP contribution in [0.15, 0.2) is 28.7 Å². The Labute approximate surface area is 128 Å². The van der Waals surface area contributed by atoms with Crippen LogP contribution in [0.4, 0.5) is 0 Å². The first-order valence-electron chi connectivity index (χ1n) is 6.68. The molecular formula is C15H21BrN2O2. The summed E-state index contributed by atoms with van der Waals surface area (Å²) in [6, 6.07) is 7.12. The van der Waals surface area contributed by atoms with Crippen molar-refractivity contribution in [3.8, 4) is 0 Å². The maximum Gasteiger partial charge on any atom is 0.251 e. The zero-order chi connectivity index (χ0) is 15.1. The van der Waals surface area contributed by atoms with Gasteiger partial charge in [0.2, 0.25) is 5.91 Å². The number of rotatable bonds is 6. The summed E-state index contributed by atoms with van der Waals surface area (Å²) >= 11 is 3.32. The van der Waals surface area contributed by atoms with E-state index in [2.05, 4.69) is 35.1 Å². The Morgan fingerprint density at radius 2 is 1.85 bits per heavy atom. The van der Waals surface area contributed by atoms with Gasteiger partial charge in [0.05, 0.1) is 0 Å². The van der Waals surface area contributed by atoms with Gasteiger partial charge in [-0.1, -0.05) is 29.8 Å². The van der Waals surface area contributed by atoms with Gasteiger partial charge in [-0.2, -0.15) is 0 Å². The van der Waals surface area contributed by atoms with Crippen molar-refractivity contribution in [2.24, 2.45) is 5.92 Å². The fourth-order valence-electron chi connectivity index (χ4n) is 1.83. The molecule has 5 heteroatoms. The highest BCUT2D eigenvalue weighted by atomic mass is 79.9. The predicted molar refractivity (Wildman–Crippen MR) is 83.6 cm³/mol. The normalized spacial score (nSPS) is 10.4. The van der Waals surface area contributed by atoms with Crippen LogP contribution >= 0.6 is 15.9 Å². The van der Waals surface area contributed by atoms with E-state index in [0.717, 1.165) is 11.0 Å². The average molecular weight is 341 g/mol. The maximum absolute atomic E-state index is 11.8. The van der Waals surface area contributed by atoms with Crippen LogP contribution in [-0.2, 0) is 4.79 Å². The third-order valence-corrected chi connectivity index (χ3v) is 3.32. The first-order chi connectivity index (χ1) is 9.40. The van der Waals surface area contributed by atoms with Gasteiger partial charge < -0.3 is 10.2 Å². The van der Waals surface area contributed by atoms with Gasteiger partial charge in [-0.25, -0.2) is 0 Å². The molecule has 0 aromatic heterocycles. The molecule has 0 radical (unpaired) electrons. The van der Waals surface area contributed by atoms with Crippen LogP contribution in [0.1, 0.15) is 30.6 Å². The van der Waals surface area contributed by atoms with Gasteiger partial charge in [-0.15, -0.1) is 0 Å². The minimum atomic E-state index is -0.156. The van der Waals surface area contributed by atoms with Crippen LogP contribution in [0.2, 0.25) is 0 Å². The second-order valence-corrected chi connectivity index (χ2v) is 6.10. The zero-order valence-corrected chi connectivity index (χ0v) is 13.7. The molecule has 20 heavy (non-hydrogen) atoms. The summed E-state index contributed by atoms with van der Waals surface area (Å²) in [5.74, 6) is 0.341. The largest absolute Gasteiger partial charge is 0.352 e. The minimum absolute atomic E-state index is 0.0507. The Morgan fingerprint density at radius 1 is 1.25 bits per heavy atom. The highest BCUT2D eigenvalue weighted by Crippen LogP contribution is 2.10. The van der Waals surface area contributed by atoms with E-state index in [4.69, 9.17) is 0 Å². The smallest absolute Gasteiger partial charge is 0.251 e. The van der Waals surface area contributed by atoms with E-state index in [1.54, 1.807) is 24.1 Å². The molecule has 0 aliphatic rings. The fraction of sp³-hybridized carbons (Fsp3) is 0.467. The first-order valence-corrected chi connectivity index (χ1v) is 7.47. The van der Waals surface area contributed by atoms with Gasteiger partial charge in [0.25, 0.3) is 5.91 Å². The highest BCUT2D eigenvalue weighted by Gasteiger charge is 2.11. The molecular weight excluding hydrogens is 320 g/mol. The van der Waals surface area contributed by atoms with Gasteiger partial charge in [0.15, 0.2) is 0 Å². The van der Waals surface area contributed by atoms with Crippen LogP contribution in [0.25, 0.3) is 0 Å². The van der Waals surface area contributed by atoms with Gasteiger partial charge >= 0.3 is 0 Å². The predicted octanol–water partition coefficient (Wildman–Crippen LogP) is 2.68. The maximum atomic E-state index is 11.8. The topological polar surface area (TPSA) is 49.4 Å². The van der Waals surface area contributed by atoms with E-state index < -0.39 is 0 Å². The van der Waals surface area contributed by atoms with Crippen LogP contribution in [0, 0.1) is 5.92 Å². The molecule has 0 fully saturated rings. The molecule has 1 N–H and O–H groups in total. The number of hydrogen-bond acceptors (Lipinski definition) is 2. The zero-order valence-electron chi connectivity index (χ0n) is 12.1. The Kier molecular flexibility index (Phi) is 6.71. The van der Waals surface area contributed by atoms with Gasteiger partial charge in [0, 0.05) is 36.6 Å². The molecule has 1 aromatic rings. The molecule has 0 saturated carbocycles. The van der Waals surface area contributed by atoms with Crippen molar-refractivity contribution in [2.75, 3.05) is 20.1 Å². The minimum Gasteiger partial charge on any atom is -0.352 e. The molecule has 110 valence electrons. The number of benzene rings is 1. The van der Waals surface area contributed by atoms with Crippen molar-refractivity contribution in [1.29, 1.82) is 0 Å². The molecule has 1 rings (SSSR count). The molecule has 0 bridgehead atoms. The highest BCUT2D eigenvalue weighted by molar-refractivity contribution is 9.10. The van der Waals surface area contributed by atoms with Crippen LogP contribution in [0.5, 0.6) is 0 Å². The summed E-state index contributed by atoms with van der Waals surface area (Å²) < 4.78 is 0.930. The first kappa shape index (κ1) is 16.7. The molecule has 0 spiro atoms. The number of carbonyl (C=O) groups is 2. The van der Waals surface area contributed by atoms with Crippen LogP contribution < -0.4 is 5.32 Å². The Hall–Kier alpha value is -1.36. The number of nitrogens with zero attached hydrogens (tertiary/aromatic N) is 1. The summed E-state index contributed by atoms with van der Waals surface area (Å²) in [6.07, 6.45) is 0.325. The number of halogens is 1. The van der Waals surface area contributed by atoms with Crippen molar-refractivity contribution in [1.82, 2.24) is 10.2 Å². The summed E-state index contributed by atoms with van der Waals surface area (Å²) in [7, 11) is 1.79. The molecule has 0 unspecified atom stereocenters. The third-order valence-electron chi connectivity index (χ3n) is 2.80. The lowest BCUT2D eigenvalue weighted by molar-refractivity contribution is -0.130. The summed E-state index contributed by atoms with van der Waals surface area (Å²) in [4.78, 5) is 25.3. The number of nitrogens with one attached hydrogen (secondary N) is 1. The van der Waals surface area contributed by atoms with E-state index in [0.29, 0.717) is 24.4 Å². The van der Waals surface area contributed by atoms with E-state index in [1.165, 1.54) is 0 Å². The Bertz CT molecular complexity index is 457. The molecule has 4 nitrogen and oxygen atoms in total. The van der Waals surface area contributed by atoms with Crippen molar-refractivity contribution in [3.63, 3.8) is 0 Å². The monoisotopic (exact) mass is 340 g/mol. The lowest BCUT2D eigenvalue weighted by Crippen LogP contribution is -2.34. The molecule has 0 aliphatic carbocycles. The second kappa shape index (κ2) is 8.04. The quantitative estimate of drug-likeness (QED) is 0.865. The van der Waals surface area contributed by atoms with Crippen molar-refractivity contribution >= 4 is 27.7 Å². The average Bonchev–Trinajstić information content (AvgIpc) is 2.38. The summed E-state index contributed by atoms with van der Waals surface area (Å²) in [5, 5.41) is 2.76. The Morgan fingerprint density at radius 3 is 2.40 bits per heavy atom. The van der Waals surface area contributed by atoms with Gasteiger partial charge in [-0.3, -0.25) is 9.59 Å². The van der Waals surface area contributed by atoms with E-state index >= 15 is 0 Å². The van der Waals surface area contributed by atoms with Gasteiger partial charge in [0.1, 0.15) is 0 Å². The summed E-state index contributed by atoms with van der Waals surface area (Å²) in [6.45, 7) is 5.23. The van der Waals surface area contributed by atoms with Crippen molar-refractivity contribution < 1.29 is 9.59 Å². The van der Waals surface area contributed by atoms with Crippen molar-refractivity contribution in [3.05, 3.63) is 34.3 Å². The molecule has 0 heterocycles. The van der Waals surface area contributed by atoms with E-state index in [9.17, 15) is 9.59 Å².